The lowest BCUT2D eigenvalue weighted by Crippen LogP contribution is -2.33. The van der Waals surface area contributed by atoms with E-state index < -0.39 is 0 Å². The van der Waals surface area contributed by atoms with Crippen molar-refractivity contribution < 1.29 is 4.57 Å². The molecule has 0 atom stereocenters. The van der Waals surface area contributed by atoms with Gasteiger partial charge in [-0.2, -0.15) is 0 Å². The molecule has 1 rings (SSSR count). The average Bonchev–Trinajstić information content (AvgIpc) is 2.62. The van der Waals surface area contributed by atoms with Gasteiger partial charge < -0.3 is 0 Å². The highest BCUT2D eigenvalue weighted by Gasteiger charge is 2.06. The number of rotatable bonds is 15. The van der Waals surface area contributed by atoms with E-state index in [1.807, 2.05) is 0 Å². The molecule has 138 valence electrons. The molecule has 0 saturated carbocycles. The van der Waals surface area contributed by atoms with E-state index in [1.165, 1.54) is 94.7 Å². The van der Waals surface area contributed by atoms with Crippen molar-refractivity contribution in [1.82, 2.24) is 0 Å². The molecular formula is C23H42N+. The molecule has 0 amide bonds. The zero-order chi connectivity index (χ0) is 17.5. The second-order valence-corrected chi connectivity index (χ2v) is 7.33. The number of aryl methyl sites for hydroxylation is 3. The zero-order valence-corrected chi connectivity index (χ0v) is 16.8. The fourth-order valence-electron chi connectivity index (χ4n) is 3.56. The lowest BCUT2D eigenvalue weighted by molar-refractivity contribution is -0.697. The van der Waals surface area contributed by atoms with Crippen molar-refractivity contribution in [2.45, 2.75) is 117 Å². The molecule has 24 heavy (non-hydrogen) atoms. The Morgan fingerprint density at radius 2 is 1.12 bits per heavy atom. The average molecular weight is 333 g/mol. The number of hydrogen-bond donors (Lipinski definition) is 0. The Balaban J connectivity index is 1.99. The Hall–Kier alpha value is -0.850. The third kappa shape index (κ3) is 9.45. The summed E-state index contributed by atoms with van der Waals surface area (Å²) in [5.74, 6) is 0. The van der Waals surface area contributed by atoms with Crippen LogP contribution in [0.3, 0.4) is 0 Å². The van der Waals surface area contributed by atoms with Crippen LogP contribution < -0.4 is 4.57 Å². The van der Waals surface area contributed by atoms with E-state index in [0.717, 1.165) is 12.8 Å². The van der Waals surface area contributed by atoms with E-state index in [4.69, 9.17) is 0 Å². The van der Waals surface area contributed by atoms with Crippen LogP contribution in [0.5, 0.6) is 0 Å². The number of unbranched alkanes of at least 4 members (excludes halogenated alkanes) is 11. The number of aromatic nitrogens is 1. The monoisotopic (exact) mass is 332 g/mol. The minimum atomic E-state index is 1.16. The number of pyridine rings is 1. The number of nitrogens with zero attached hydrogens (tertiary/aromatic N) is 1. The highest BCUT2D eigenvalue weighted by atomic mass is 14.9. The quantitative estimate of drug-likeness (QED) is 0.245. The SMILES string of the molecule is CCCCCCCCCCCCCC[n+]1ccc(CC)c(CC)c1. The molecule has 0 fully saturated rings. The molecule has 0 aliphatic carbocycles. The van der Waals surface area contributed by atoms with E-state index >= 15 is 0 Å². The first-order valence-electron chi connectivity index (χ1n) is 10.8. The van der Waals surface area contributed by atoms with Crippen LogP contribution in [0.25, 0.3) is 0 Å². The topological polar surface area (TPSA) is 3.88 Å². The molecule has 0 saturated heterocycles. The van der Waals surface area contributed by atoms with Gasteiger partial charge in [0.15, 0.2) is 12.4 Å². The van der Waals surface area contributed by atoms with E-state index in [2.05, 4.69) is 43.8 Å². The third-order valence-corrected chi connectivity index (χ3v) is 5.23. The first-order valence-corrected chi connectivity index (χ1v) is 10.8. The summed E-state index contributed by atoms with van der Waals surface area (Å²) in [7, 11) is 0. The van der Waals surface area contributed by atoms with Gasteiger partial charge in [0, 0.05) is 18.1 Å². The molecule has 1 nitrogen and oxygen atoms in total. The molecule has 1 aromatic rings. The third-order valence-electron chi connectivity index (χ3n) is 5.23. The molecule has 1 heterocycles. The molecule has 0 unspecified atom stereocenters. The second-order valence-electron chi connectivity index (χ2n) is 7.33. The summed E-state index contributed by atoms with van der Waals surface area (Å²) in [6, 6.07) is 2.32. The summed E-state index contributed by atoms with van der Waals surface area (Å²) in [6.45, 7) is 8.00. The minimum absolute atomic E-state index is 1.16. The Morgan fingerprint density at radius 3 is 1.62 bits per heavy atom. The lowest BCUT2D eigenvalue weighted by atomic mass is 10.0. The molecule has 0 bridgehead atoms. The molecule has 0 aromatic carbocycles. The molecule has 1 heteroatoms. The van der Waals surface area contributed by atoms with Gasteiger partial charge in [0.1, 0.15) is 6.54 Å². The summed E-state index contributed by atoms with van der Waals surface area (Å²) in [5.41, 5.74) is 3.04. The van der Waals surface area contributed by atoms with Gasteiger partial charge in [0.2, 0.25) is 0 Å². The maximum atomic E-state index is 2.40. The van der Waals surface area contributed by atoms with Crippen molar-refractivity contribution in [3.63, 3.8) is 0 Å². The molecule has 0 radical (unpaired) electrons. The molecule has 0 N–H and O–H groups in total. The van der Waals surface area contributed by atoms with Crippen LogP contribution in [0.1, 0.15) is 109 Å². The highest BCUT2D eigenvalue weighted by molar-refractivity contribution is 5.20. The summed E-state index contributed by atoms with van der Waals surface area (Å²) in [4.78, 5) is 0. The first kappa shape index (κ1) is 21.2. The lowest BCUT2D eigenvalue weighted by Gasteiger charge is -2.05. The maximum Gasteiger partial charge on any atom is 0.172 e. The Bertz CT molecular complexity index is 410. The largest absolute Gasteiger partial charge is 0.205 e. The van der Waals surface area contributed by atoms with Gasteiger partial charge in [-0.05, 0) is 24.8 Å². The fourth-order valence-corrected chi connectivity index (χ4v) is 3.56. The molecule has 1 aromatic heterocycles. The van der Waals surface area contributed by atoms with Crippen LogP contribution in [0, 0.1) is 0 Å². The van der Waals surface area contributed by atoms with Crippen molar-refractivity contribution in [2.75, 3.05) is 0 Å². The molecular weight excluding hydrogens is 290 g/mol. The van der Waals surface area contributed by atoms with Crippen molar-refractivity contribution in [3.8, 4) is 0 Å². The zero-order valence-electron chi connectivity index (χ0n) is 16.8. The van der Waals surface area contributed by atoms with E-state index in [-0.39, 0.29) is 0 Å². The molecule has 0 aliphatic rings. The van der Waals surface area contributed by atoms with Crippen molar-refractivity contribution in [1.29, 1.82) is 0 Å². The smallest absolute Gasteiger partial charge is 0.172 e. The first-order chi connectivity index (χ1) is 11.8. The standard InChI is InChI=1S/C23H42N/c1-4-7-8-9-10-11-12-13-14-15-16-17-19-24-20-18-22(5-2)23(6-3)21-24/h18,20-21H,4-17,19H2,1-3H3/q+1. The predicted molar refractivity (Wildman–Crippen MR) is 106 cm³/mol. The Kier molecular flexibility index (Phi) is 12.8. The summed E-state index contributed by atoms with van der Waals surface area (Å²) >= 11 is 0. The molecule has 0 spiro atoms. The van der Waals surface area contributed by atoms with Gasteiger partial charge in [-0.3, -0.25) is 0 Å². The van der Waals surface area contributed by atoms with Gasteiger partial charge >= 0.3 is 0 Å². The summed E-state index contributed by atoms with van der Waals surface area (Å²) in [6.07, 6.45) is 24.1. The van der Waals surface area contributed by atoms with Gasteiger partial charge in [-0.1, -0.05) is 85.0 Å². The normalized spacial score (nSPS) is 11.1. The summed E-state index contributed by atoms with van der Waals surface area (Å²) < 4.78 is 2.40. The summed E-state index contributed by atoms with van der Waals surface area (Å²) in [5, 5.41) is 0. The van der Waals surface area contributed by atoms with E-state index in [0.29, 0.717) is 0 Å². The maximum absolute atomic E-state index is 2.40. The minimum Gasteiger partial charge on any atom is -0.205 e. The van der Waals surface area contributed by atoms with Crippen molar-refractivity contribution >= 4 is 0 Å². The molecule has 0 aliphatic heterocycles. The van der Waals surface area contributed by atoms with Crippen molar-refractivity contribution in [3.05, 3.63) is 29.6 Å². The van der Waals surface area contributed by atoms with Crippen LogP contribution in [0.4, 0.5) is 0 Å². The highest BCUT2D eigenvalue weighted by Crippen LogP contribution is 2.12. The van der Waals surface area contributed by atoms with Crippen LogP contribution in [-0.2, 0) is 19.4 Å². The number of hydrogen-bond acceptors (Lipinski definition) is 0. The Labute approximate surface area is 151 Å². The second kappa shape index (κ2) is 14.5. The van der Waals surface area contributed by atoms with Gasteiger partial charge in [0.05, 0.1) is 0 Å². The predicted octanol–water partition coefficient (Wildman–Crippen LogP) is 6.80. The van der Waals surface area contributed by atoms with E-state index in [1.54, 1.807) is 0 Å². The van der Waals surface area contributed by atoms with Gasteiger partial charge in [-0.15, -0.1) is 0 Å². The van der Waals surface area contributed by atoms with Crippen LogP contribution in [0.2, 0.25) is 0 Å². The van der Waals surface area contributed by atoms with Crippen molar-refractivity contribution in [2.24, 2.45) is 0 Å². The van der Waals surface area contributed by atoms with Crippen LogP contribution >= 0.6 is 0 Å². The van der Waals surface area contributed by atoms with Gasteiger partial charge in [-0.25, -0.2) is 4.57 Å². The van der Waals surface area contributed by atoms with E-state index in [9.17, 15) is 0 Å². The Morgan fingerprint density at radius 1 is 0.625 bits per heavy atom. The van der Waals surface area contributed by atoms with Gasteiger partial charge in [0.25, 0.3) is 0 Å². The fraction of sp³-hybridized carbons (Fsp3) is 0.783. The van der Waals surface area contributed by atoms with Crippen LogP contribution in [0.15, 0.2) is 18.5 Å². The van der Waals surface area contributed by atoms with Crippen LogP contribution in [-0.4, -0.2) is 0 Å².